The van der Waals surface area contributed by atoms with Gasteiger partial charge in [-0.2, -0.15) is 0 Å². The van der Waals surface area contributed by atoms with Gasteiger partial charge in [-0.05, 0) is 56.5 Å². The van der Waals surface area contributed by atoms with Crippen LogP contribution in [0.15, 0.2) is 0 Å². The van der Waals surface area contributed by atoms with E-state index in [4.69, 9.17) is 0 Å². The van der Waals surface area contributed by atoms with Crippen molar-refractivity contribution in [1.29, 1.82) is 0 Å². The van der Waals surface area contributed by atoms with Crippen LogP contribution in [0.5, 0.6) is 0 Å². The molecule has 0 atom stereocenters. The molecule has 1 amide bonds. The van der Waals surface area contributed by atoms with Crippen molar-refractivity contribution in [2.24, 2.45) is 23.2 Å². The quantitative estimate of drug-likeness (QED) is 0.795. The van der Waals surface area contributed by atoms with Gasteiger partial charge >= 0.3 is 0 Å². The summed E-state index contributed by atoms with van der Waals surface area (Å²) in [6.07, 6.45) is 5.12. The van der Waals surface area contributed by atoms with Crippen LogP contribution in [0.25, 0.3) is 0 Å². The van der Waals surface area contributed by atoms with Gasteiger partial charge in [-0.1, -0.05) is 34.6 Å². The van der Waals surface area contributed by atoms with Crippen molar-refractivity contribution in [1.82, 2.24) is 9.80 Å². The molecule has 0 saturated carbocycles. The molecule has 0 radical (unpaired) electrons. The van der Waals surface area contributed by atoms with Crippen molar-refractivity contribution in [2.75, 3.05) is 32.7 Å². The van der Waals surface area contributed by atoms with E-state index in [-0.39, 0.29) is 5.41 Å². The Morgan fingerprint density at radius 3 is 2.00 bits per heavy atom. The molecule has 2 heterocycles. The molecule has 0 unspecified atom stereocenters. The first kappa shape index (κ1) is 17.8. The Hall–Kier alpha value is -0.570. The smallest absolute Gasteiger partial charge is 0.227 e. The second kappa shape index (κ2) is 7.33. The highest BCUT2D eigenvalue weighted by molar-refractivity contribution is 5.81. The Morgan fingerprint density at radius 2 is 1.55 bits per heavy atom. The Labute approximate surface area is 137 Å². The molecule has 0 N–H and O–H groups in total. The molecule has 2 fully saturated rings. The van der Waals surface area contributed by atoms with Crippen LogP contribution in [-0.4, -0.2) is 48.4 Å². The first-order valence-corrected chi connectivity index (χ1v) is 9.29. The molecule has 2 rings (SSSR count). The van der Waals surface area contributed by atoms with Gasteiger partial charge in [0.05, 0.1) is 0 Å². The van der Waals surface area contributed by atoms with Crippen LogP contribution >= 0.6 is 0 Å². The fraction of sp³-hybridized carbons (Fsp3) is 0.947. The first-order valence-electron chi connectivity index (χ1n) is 9.29. The zero-order chi connectivity index (χ0) is 16.3. The molecule has 3 heteroatoms. The molecule has 2 saturated heterocycles. The maximum absolute atomic E-state index is 12.3. The summed E-state index contributed by atoms with van der Waals surface area (Å²) in [5.74, 6) is 2.89. The largest absolute Gasteiger partial charge is 0.342 e. The molecule has 0 bridgehead atoms. The number of likely N-dealkylation sites (tertiary alicyclic amines) is 2. The van der Waals surface area contributed by atoms with Crippen molar-refractivity contribution in [3.63, 3.8) is 0 Å². The number of hydrogen-bond donors (Lipinski definition) is 0. The van der Waals surface area contributed by atoms with Gasteiger partial charge in [0.25, 0.3) is 0 Å². The summed E-state index contributed by atoms with van der Waals surface area (Å²) in [6, 6.07) is 0. The highest BCUT2D eigenvalue weighted by Crippen LogP contribution is 2.27. The van der Waals surface area contributed by atoms with Gasteiger partial charge in [-0.25, -0.2) is 0 Å². The van der Waals surface area contributed by atoms with Gasteiger partial charge in [0.15, 0.2) is 0 Å². The minimum atomic E-state index is -0.231. The van der Waals surface area contributed by atoms with Crippen molar-refractivity contribution >= 4 is 5.91 Å². The summed E-state index contributed by atoms with van der Waals surface area (Å²) in [5, 5.41) is 0. The van der Waals surface area contributed by atoms with Crippen molar-refractivity contribution in [3.8, 4) is 0 Å². The third kappa shape index (κ3) is 4.71. The summed E-state index contributed by atoms with van der Waals surface area (Å²) in [6.45, 7) is 16.5. The van der Waals surface area contributed by atoms with Crippen LogP contribution in [0, 0.1) is 23.2 Å². The summed E-state index contributed by atoms with van der Waals surface area (Å²) >= 11 is 0. The van der Waals surface area contributed by atoms with Crippen LogP contribution in [0.3, 0.4) is 0 Å². The molecule has 22 heavy (non-hydrogen) atoms. The topological polar surface area (TPSA) is 23.6 Å². The number of piperidine rings is 2. The molecule has 0 aromatic carbocycles. The molecule has 3 nitrogen and oxygen atoms in total. The third-order valence-electron chi connectivity index (χ3n) is 5.63. The van der Waals surface area contributed by atoms with Crippen molar-refractivity contribution < 1.29 is 4.79 Å². The zero-order valence-electron chi connectivity index (χ0n) is 15.4. The molecule has 2 aliphatic heterocycles. The van der Waals surface area contributed by atoms with Crippen LogP contribution in [0.2, 0.25) is 0 Å². The van der Waals surface area contributed by atoms with Crippen molar-refractivity contribution in [3.05, 3.63) is 0 Å². The van der Waals surface area contributed by atoms with Gasteiger partial charge in [-0.3, -0.25) is 4.79 Å². The molecular formula is C19H36N2O. The Bertz CT molecular complexity index is 356. The molecule has 2 aliphatic rings. The maximum atomic E-state index is 12.3. The lowest BCUT2D eigenvalue weighted by Gasteiger charge is -2.39. The Kier molecular flexibility index (Phi) is 5.93. The molecule has 0 aromatic rings. The van der Waals surface area contributed by atoms with Gasteiger partial charge in [0.2, 0.25) is 5.91 Å². The fourth-order valence-electron chi connectivity index (χ4n) is 3.96. The number of amides is 1. The lowest BCUT2D eigenvalue weighted by Crippen LogP contribution is -2.46. The number of hydrogen-bond acceptors (Lipinski definition) is 2. The fourth-order valence-corrected chi connectivity index (χ4v) is 3.96. The molecule has 0 aromatic heterocycles. The monoisotopic (exact) mass is 308 g/mol. The number of carbonyl (C=O) groups is 1. The zero-order valence-corrected chi connectivity index (χ0v) is 15.4. The lowest BCUT2D eigenvalue weighted by molar-refractivity contribution is -0.141. The van der Waals surface area contributed by atoms with E-state index >= 15 is 0 Å². The van der Waals surface area contributed by atoms with Gasteiger partial charge in [0, 0.05) is 25.0 Å². The summed E-state index contributed by atoms with van der Waals surface area (Å²) in [7, 11) is 0. The van der Waals surface area contributed by atoms with E-state index in [1.807, 2.05) is 20.8 Å². The predicted octanol–water partition coefficient (Wildman–Crippen LogP) is 3.64. The van der Waals surface area contributed by atoms with Gasteiger partial charge < -0.3 is 9.80 Å². The Morgan fingerprint density at radius 1 is 1.00 bits per heavy atom. The summed E-state index contributed by atoms with van der Waals surface area (Å²) in [4.78, 5) is 17.1. The van der Waals surface area contributed by atoms with E-state index in [1.54, 1.807) is 0 Å². The molecule has 128 valence electrons. The van der Waals surface area contributed by atoms with E-state index in [2.05, 4.69) is 23.6 Å². The van der Waals surface area contributed by atoms with Gasteiger partial charge in [0.1, 0.15) is 0 Å². The molecular weight excluding hydrogens is 272 g/mol. The van der Waals surface area contributed by atoms with Crippen LogP contribution < -0.4 is 0 Å². The van der Waals surface area contributed by atoms with Crippen LogP contribution in [0.4, 0.5) is 0 Å². The summed E-state index contributed by atoms with van der Waals surface area (Å²) < 4.78 is 0. The number of rotatable bonds is 3. The minimum absolute atomic E-state index is 0.231. The normalized spacial score (nSPS) is 23.3. The van der Waals surface area contributed by atoms with Crippen LogP contribution in [0.1, 0.15) is 60.3 Å². The SMILES string of the molecule is CC(C)C1CCN(CC2CCN(C(=O)C(C)(C)C)CC2)CC1. The Balaban J connectivity index is 1.71. The highest BCUT2D eigenvalue weighted by atomic mass is 16.2. The van der Waals surface area contributed by atoms with E-state index < -0.39 is 0 Å². The number of nitrogens with zero attached hydrogens (tertiary/aromatic N) is 2. The summed E-state index contributed by atoms with van der Waals surface area (Å²) in [5.41, 5.74) is -0.231. The number of carbonyl (C=O) groups excluding carboxylic acids is 1. The highest BCUT2D eigenvalue weighted by Gasteiger charge is 2.31. The first-order chi connectivity index (χ1) is 10.3. The van der Waals surface area contributed by atoms with E-state index in [0.717, 1.165) is 30.8 Å². The predicted molar refractivity (Wildman–Crippen MR) is 92.8 cm³/mol. The lowest BCUT2D eigenvalue weighted by atomic mass is 9.86. The average molecular weight is 309 g/mol. The maximum Gasteiger partial charge on any atom is 0.227 e. The van der Waals surface area contributed by atoms with Gasteiger partial charge in [-0.15, -0.1) is 0 Å². The van der Waals surface area contributed by atoms with Crippen LogP contribution in [-0.2, 0) is 4.79 Å². The van der Waals surface area contributed by atoms with Crippen molar-refractivity contribution in [2.45, 2.75) is 60.3 Å². The second-order valence-corrected chi connectivity index (χ2v) is 8.87. The minimum Gasteiger partial charge on any atom is -0.342 e. The van der Waals surface area contributed by atoms with E-state index in [1.165, 1.54) is 45.3 Å². The standard InChI is InChI=1S/C19H36N2O/c1-15(2)17-8-10-20(11-9-17)14-16-6-12-21(13-7-16)18(22)19(3,4)5/h15-17H,6-14H2,1-5H3. The van der Waals surface area contributed by atoms with E-state index in [9.17, 15) is 4.79 Å². The van der Waals surface area contributed by atoms with E-state index in [0.29, 0.717) is 5.91 Å². The average Bonchev–Trinajstić information content (AvgIpc) is 2.47. The second-order valence-electron chi connectivity index (χ2n) is 8.87. The molecule has 0 spiro atoms. The molecule has 0 aliphatic carbocycles. The third-order valence-corrected chi connectivity index (χ3v) is 5.63.